The molecule has 0 atom stereocenters. The summed E-state index contributed by atoms with van der Waals surface area (Å²) in [6.07, 6.45) is 1.47. The maximum Gasteiger partial charge on any atom is 0.352 e. The molecule has 0 unspecified atom stereocenters. The Kier molecular flexibility index (Phi) is 4.87. The molecule has 144 valence electrons. The zero-order chi connectivity index (χ0) is 19.7. The lowest BCUT2D eigenvalue weighted by atomic mass is 10.2. The first kappa shape index (κ1) is 18.2. The van der Waals surface area contributed by atoms with E-state index in [1.165, 1.54) is 24.4 Å². The van der Waals surface area contributed by atoms with Gasteiger partial charge >= 0.3 is 5.69 Å². The molecule has 9 heteroatoms. The molecular formula is C19H16ClFN4O3. The summed E-state index contributed by atoms with van der Waals surface area (Å²) in [5.41, 5.74) is 0.219. The lowest BCUT2D eigenvalue weighted by molar-refractivity contribution is 0.290. The molecule has 1 aliphatic rings. The molecule has 3 aromatic rings. The number of hydrogen-bond donors (Lipinski definition) is 0. The molecule has 0 saturated carbocycles. The Balaban J connectivity index is 1.46. The van der Waals surface area contributed by atoms with Gasteiger partial charge in [0.1, 0.15) is 23.3 Å². The Morgan fingerprint density at radius 1 is 1.21 bits per heavy atom. The minimum atomic E-state index is -0.546. The summed E-state index contributed by atoms with van der Waals surface area (Å²) in [7, 11) is 1.89. The van der Waals surface area contributed by atoms with Crippen molar-refractivity contribution in [3.05, 3.63) is 69.6 Å². The number of pyridine rings is 1. The fourth-order valence-corrected chi connectivity index (χ4v) is 3.05. The molecule has 3 heterocycles. The fraction of sp³-hybridized carbons (Fsp3) is 0.211. The molecule has 1 aliphatic heterocycles. The topological polar surface area (TPSA) is 69.5 Å². The number of ether oxygens (including phenoxy) is 2. The van der Waals surface area contributed by atoms with Crippen LogP contribution < -0.4 is 20.1 Å². The van der Waals surface area contributed by atoms with Crippen molar-refractivity contribution >= 4 is 17.4 Å². The van der Waals surface area contributed by atoms with Crippen LogP contribution in [-0.2, 0) is 13.2 Å². The van der Waals surface area contributed by atoms with E-state index in [2.05, 4.69) is 9.97 Å². The van der Waals surface area contributed by atoms with Crippen molar-refractivity contribution in [2.75, 3.05) is 18.5 Å². The summed E-state index contributed by atoms with van der Waals surface area (Å²) in [5, 5.41) is 0.256. The van der Waals surface area contributed by atoms with Gasteiger partial charge in [-0.3, -0.25) is 4.57 Å². The smallest absolute Gasteiger partial charge is 0.352 e. The minimum Gasteiger partial charge on any atom is -0.473 e. The van der Waals surface area contributed by atoms with Crippen molar-refractivity contribution in [1.82, 2.24) is 14.5 Å². The molecular weight excluding hydrogens is 387 g/mol. The summed E-state index contributed by atoms with van der Waals surface area (Å²) in [4.78, 5) is 21.8. The molecule has 0 spiro atoms. The molecule has 7 nitrogen and oxygen atoms in total. The van der Waals surface area contributed by atoms with Crippen molar-refractivity contribution in [2.45, 2.75) is 13.2 Å². The predicted octanol–water partition coefficient (Wildman–Crippen LogP) is 3.25. The van der Waals surface area contributed by atoms with Gasteiger partial charge in [0.05, 0.1) is 0 Å². The number of nitrogens with zero attached hydrogens (tertiary/aromatic N) is 4. The van der Waals surface area contributed by atoms with Crippen LogP contribution in [0, 0.1) is 5.82 Å². The second-order valence-corrected chi connectivity index (χ2v) is 6.67. The van der Waals surface area contributed by atoms with Crippen molar-refractivity contribution in [2.24, 2.45) is 0 Å². The first-order valence-electron chi connectivity index (χ1n) is 8.53. The van der Waals surface area contributed by atoms with Crippen LogP contribution in [0.3, 0.4) is 0 Å². The van der Waals surface area contributed by atoms with Crippen LogP contribution in [0.1, 0.15) is 5.56 Å². The van der Waals surface area contributed by atoms with Crippen LogP contribution in [-0.4, -0.2) is 28.1 Å². The Morgan fingerprint density at radius 2 is 2.07 bits per heavy atom. The third-order valence-corrected chi connectivity index (χ3v) is 4.53. The number of aromatic nitrogens is 3. The summed E-state index contributed by atoms with van der Waals surface area (Å²) in [6.45, 7) is 1.42. The van der Waals surface area contributed by atoms with Gasteiger partial charge in [-0.25, -0.2) is 14.2 Å². The Bertz CT molecular complexity index is 1090. The van der Waals surface area contributed by atoms with Crippen LogP contribution in [0.4, 0.5) is 10.2 Å². The highest BCUT2D eigenvalue weighted by molar-refractivity contribution is 6.29. The van der Waals surface area contributed by atoms with E-state index in [9.17, 15) is 9.18 Å². The number of fused-ring (bicyclic) bond motifs is 1. The first-order chi connectivity index (χ1) is 13.5. The van der Waals surface area contributed by atoms with Crippen LogP contribution in [0.2, 0.25) is 5.15 Å². The van der Waals surface area contributed by atoms with Gasteiger partial charge in [0.25, 0.3) is 0 Å². The second-order valence-electron chi connectivity index (χ2n) is 6.28. The summed E-state index contributed by atoms with van der Waals surface area (Å²) < 4.78 is 27.0. The lowest BCUT2D eigenvalue weighted by Gasteiger charge is -2.12. The number of rotatable bonds is 5. The molecule has 1 aromatic carbocycles. The predicted molar refractivity (Wildman–Crippen MR) is 102 cm³/mol. The standard InChI is InChI=1S/C19H16ClFN4O3/c1-24-6-7-25-18(24)10-17(23-19(25)26)27-11-12-2-3-15(14(21)8-12)28-13-4-5-22-16(20)9-13/h2-5,8-10H,6-7,11H2,1H3. The molecule has 0 radical (unpaired) electrons. The first-order valence-corrected chi connectivity index (χ1v) is 8.91. The highest BCUT2D eigenvalue weighted by atomic mass is 35.5. The van der Waals surface area contributed by atoms with Crippen molar-refractivity contribution in [1.29, 1.82) is 0 Å². The highest BCUT2D eigenvalue weighted by Crippen LogP contribution is 2.27. The molecule has 0 bridgehead atoms. The van der Waals surface area contributed by atoms with Gasteiger partial charge in [-0.15, -0.1) is 0 Å². The van der Waals surface area contributed by atoms with Gasteiger partial charge in [0.2, 0.25) is 5.88 Å². The Morgan fingerprint density at radius 3 is 2.86 bits per heavy atom. The molecule has 4 rings (SSSR count). The number of benzene rings is 1. The minimum absolute atomic E-state index is 0.0570. The second kappa shape index (κ2) is 7.47. The number of halogens is 2. The van der Waals surface area contributed by atoms with Crippen molar-refractivity contribution in [3.63, 3.8) is 0 Å². The third-order valence-electron chi connectivity index (χ3n) is 4.32. The van der Waals surface area contributed by atoms with Gasteiger partial charge in [-0.2, -0.15) is 4.98 Å². The molecule has 0 saturated heterocycles. The average molecular weight is 403 g/mol. The van der Waals surface area contributed by atoms with Crippen LogP contribution in [0.25, 0.3) is 0 Å². The fourth-order valence-electron chi connectivity index (χ4n) is 2.89. The third kappa shape index (κ3) is 3.77. The van der Waals surface area contributed by atoms with Gasteiger partial charge in [-0.1, -0.05) is 17.7 Å². The number of anilines is 1. The monoisotopic (exact) mass is 402 g/mol. The number of hydrogen-bond acceptors (Lipinski definition) is 6. The SMILES string of the molecule is CN1CCn2c1cc(OCc1ccc(Oc3ccnc(Cl)c3)c(F)c1)nc2=O. The zero-order valence-electron chi connectivity index (χ0n) is 14.9. The molecule has 0 N–H and O–H groups in total. The largest absolute Gasteiger partial charge is 0.473 e. The highest BCUT2D eigenvalue weighted by Gasteiger charge is 2.19. The summed E-state index contributed by atoms with van der Waals surface area (Å²) in [5.74, 6) is 0.852. The quantitative estimate of drug-likeness (QED) is 0.610. The average Bonchev–Trinajstić information content (AvgIpc) is 3.04. The van der Waals surface area contributed by atoms with E-state index in [0.29, 0.717) is 17.9 Å². The van der Waals surface area contributed by atoms with E-state index in [4.69, 9.17) is 21.1 Å². The van der Waals surface area contributed by atoms with E-state index >= 15 is 0 Å². The van der Waals surface area contributed by atoms with Gasteiger partial charge in [0, 0.05) is 38.5 Å². The van der Waals surface area contributed by atoms with E-state index in [1.54, 1.807) is 22.8 Å². The Hall–Kier alpha value is -3.13. The van der Waals surface area contributed by atoms with E-state index in [0.717, 1.165) is 12.4 Å². The maximum absolute atomic E-state index is 14.4. The number of likely N-dealkylation sites (N-methyl/N-ethyl adjacent to an activating group) is 1. The van der Waals surface area contributed by atoms with Crippen molar-refractivity contribution < 1.29 is 13.9 Å². The van der Waals surface area contributed by atoms with Crippen LogP contribution >= 0.6 is 11.6 Å². The lowest BCUT2D eigenvalue weighted by Crippen LogP contribution is -2.22. The maximum atomic E-state index is 14.4. The zero-order valence-corrected chi connectivity index (χ0v) is 15.7. The van der Waals surface area contributed by atoms with Crippen LogP contribution in [0.5, 0.6) is 17.4 Å². The van der Waals surface area contributed by atoms with Gasteiger partial charge in [0.15, 0.2) is 11.6 Å². The molecule has 28 heavy (non-hydrogen) atoms. The van der Waals surface area contributed by atoms with E-state index in [1.807, 2.05) is 11.9 Å². The molecule has 2 aromatic heterocycles. The van der Waals surface area contributed by atoms with Crippen LogP contribution in [0.15, 0.2) is 47.4 Å². The normalized spacial score (nSPS) is 12.8. The summed E-state index contributed by atoms with van der Waals surface area (Å²) >= 11 is 5.80. The molecule has 0 fully saturated rings. The summed E-state index contributed by atoms with van der Waals surface area (Å²) in [6, 6.07) is 9.26. The molecule has 0 amide bonds. The molecule has 0 aliphatic carbocycles. The van der Waals surface area contributed by atoms with E-state index < -0.39 is 5.82 Å². The van der Waals surface area contributed by atoms with E-state index in [-0.39, 0.29) is 29.1 Å². The Labute approximate surface area is 164 Å². The van der Waals surface area contributed by atoms with Gasteiger partial charge in [-0.05, 0) is 23.8 Å². The van der Waals surface area contributed by atoms with Crippen molar-refractivity contribution in [3.8, 4) is 17.4 Å². The van der Waals surface area contributed by atoms with Gasteiger partial charge < -0.3 is 14.4 Å².